The Morgan fingerprint density at radius 1 is 0.886 bits per heavy atom. The number of Topliss-reactive ketones (excluding diaryl/α,β-unsaturated/α-hetero) is 1. The van der Waals surface area contributed by atoms with Crippen LogP contribution in [0, 0.1) is 12.3 Å². The number of rotatable bonds is 5. The largest absolute Gasteiger partial charge is 0.447 e. The molecular formula is C31H29NO3. The Hall–Kier alpha value is -3.92. The SMILES string of the molecule is Cc1ccccc1-n1c(C(OC(=O)c2ccccc2)c2ccccc2)cc2c1CC(C)(C)CC2=O. The number of carbonyl (C=O) groups is 2. The zero-order valence-electron chi connectivity index (χ0n) is 20.3. The summed E-state index contributed by atoms with van der Waals surface area (Å²) in [7, 11) is 0. The van der Waals surface area contributed by atoms with Gasteiger partial charge in [-0.3, -0.25) is 4.79 Å². The normalized spacial score (nSPS) is 15.3. The topological polar surface area (TPSA) is 48.3 Å². The van der Waals surface area contributed by atoms with Gasteiger partial charge in [-0.05, 0) is 54.2 Å². The van der Waals surface area contributed by atoms with Crippen LogP contribution < -0.4 is 0 Å². The molecule has 1 aliphatic rings. The van der Waals surface area contributed by atoms with E-state index in [1.54, 1.807) is 12.1 Å². The second kappa shape index (κ2) is 9.03. The van der Waals surface area contributed by atoms with Crippen LogP contribution in [0.3, 0.4) is 0 Å². The van der Waals surface area contributed by atoms with Gasteiger partial charge in [0.05, 0.1) is 11.3 Å². The van der Waals surface area contributed by atoms with Gasteiger partial charge in [-0.1, -0.05) is 80.6 Å². The van der Waals surface area contributed by atoms with Crippen LogP contribution in [-0.2, 0) is 11.2 Å². The third-order valence-corrected chi connectivity index (χ3v) is 6.68. The fourth-order valence-corrected chi connectivity index (χ4v) is 5.00. The summed E-state index contributed by atoms with van der Waals surface area (Å²) in [5.74, 6) is -0.271. The molecule has 0 spiro atoms. The van der Waals surface area contributed by atoms with Gasteiger partial charge in [-0.15, -0.1) is 0 Å². The minimum absolute atomic E-state index is 0.131. The van der Waals surface area contributed by atoms with Crippen molar-refractivity contribution in [3.63, 3.8) is 0 Å². The van der Waals surface area contributed by atoms with Crippen molar-refractivity contribution in [3.05, 3.63) is 125 Å². The lowest BCUT2D eigenvalue weighted by Crippen LogP contribution is -2.28. The van der Waals surface area contributed by atoms with E-state index in [1.807, 2.05) is 66.7 Å². The van der Waals surface area contributed by atoms with E-state index in [1.165, 1.54) is 0 Å². The molecule has 0 bridgehead atoms. The van der Waals surface area contributed by atoms with E-state index in [-0.39, 0.29) is 11.2 Å². The van der Waals surface area contributed by atoms with Crippen molar-refractivity contribution < 1.29 is 14.3 Å². The molecule has 0 amide bonds. The lowest BCUT2D eigenvalue weighted by atomic mass is 9.76. The molecule has 1 aliphatic carbocycles. The standard InChI is InChI=1S/C31H29NO3/c1-21-12-10-11-17-25(21)32-26(18-24-27(32)19-31(2,3)20-28(24)33)29(22-13-6-4-7-14-22)35-30(34)23-15-8-5-9-16-23/h4-18,29H,19-20H2,1-3H3. The van der Waals surface area contributed by atoms with Gasteiger partial charge < -0.3 is 9.30 Å². The fraction of sp³-hybridized carbons (Fsp3) is 0.226. The summed E-state index contributed by atoms with van der Waals surface area (Å²) in [6, 6.07) is 28.8. The van der Waals surface area contributed by atoms with Gasteiger partial charge in [-0.2, -0.15) is 0 Å². The third-order valence-electron chi connectivity index (χ3n) is 6.68. The van der Waals surface area contributed by atoms with Crippen molar-refractivity contribution in [1.29, 1.82) is 0 Å². The van der Waals surface area contributed by atoms with Gasteiger partial charge in [0.15, 0.2) is 11.9 Å². The van der Waals surface area contributed by atoms with Gasteiger partial charge in [0.25, 0.3) is 0 Å². The molecule has 1 heterocycles. The highest BCUT2D eigenvalue weighted by atomic mass is 16.5. The Labute approximate surface area is 206 Å². The van der Waals surface area contributed by atoms with E-state index in [0.717, 1.165) is 40.2 Å². The molecule has 0 aliphatic heterocycles. The summed E-state index contributed by atoms with van der Waals surface area (Å²) in [6.07, 6.45) is 0.582. The summed E-state index contributed by atoms with van der Waals surface area (Å²) in [5.41, 5.74) is 5.76. The predicted molar refractivity (Wildman–Crippen MR) is 137 cm³/mol. The maximum atomic E-state index is 13.3. The second-order valence-corrected chi connectivity index (χ2v) is 10.1. The molecule has 1 unspecified atom stereocenters. The summed E-state index contributed by atoms with van der Waals surface area (Å²) >= 11 is 0. The molecule has 1 aromatic heterocycles. The summed E-state index contributed by atoms with van der Waals surface area (Å²) in [5, 5.41) is 0. The smallest absolute Gasteiger partial charge is 0.339 e. The molecule has 1 atom stereocenters. The predicted octanol–water partition coefficient (Wildman–Crippen LogP) is 6.89. The number of fused-ring (bicyclic) bond motifs is 1. The van der Waals surface area contributed by atoms with Crippen LogP contribution in [0.4, 0.5) is 0 Å². The van der Waals surface area contributed by atoms with E-state index in [0.29, 0.717) is 12.0 Å². The van der Waals surface area contributed by atoms with E-state index in [9.17, 15) is 9.59 Å². The van der Waals surface area contributed by atoms with Crippen LogP contribution in [-0.4, -0.2) is 16.3 Å². The van der Waals surface area contributed by atoms with Crippen LogP contribution >= 0.6 is 0 Å². The van der Waals surface area contributed by atoms with Gasteiger partial charge in [-0.25, -0.2) is 4.79 Å². The van der Waals surface area contributed by atoms with Crippen LogP contribution in [0.5, 0.6) is 0 Å². The maximum Gasteiger partial charge on any atom is 0.339 e. The van der Waals surface area contributed by atoms with E-state index in [2.05, 4.69) is 37.5 Å². The summed E-state index contributed by atoms with van der Waals surface area (Å²) < 4.78 is 8.36. The van der Waals surface area contributed by atoms with Crippen molar-refractivity contribution in [2.45, 2.75) is 39.7 Å². The number of aromatic nitrogens is 1. The summed E-state index contributed by atoms with van der Waals surface area (Å²) in [4.78, 5) is 26.5. The highest BCUT2D eigenvalue weighted by Crippen LogP contribution is 2.41. The molecule has 0 saturated carbocycles. The number of esters is 1. The highest BCUT2D eigenvalue weighted by molar-refractivity contribution is 5.99. The van der Waals surface area contributed by atoms with Crippen LogP contribution in [0.15, 0.2) is 91.0 Å². The fourth-order valence-electron chi connectivity index (χ4n) is 5.00. The first-order valence-corrected chi connectivity index (χ1v) is 12.0. The van der Waals surface area contributed by atoms with E-state index >= 15 is 0 Å². The first kappa shape index (κ1) is 22.9. The molecule has 5 rings (SSSR count). The minimum Gasteiger partial charge on any atom is -0.447 e. The molecule has 4 aromatic rings. The molecule has 0 radical (unpaired) electrons. The van der Waals surface area contributed by atoms with Crippen LogP contribution in [0.1, 0.15) is 69.6 Å². The Bertz CT molecular complexity index is 1380. The number of hydrogen-bond donors (Lipinski definition) is 0. The first-order chi connectivity index (χ1) is 16.8. The van der Waals surface area contributed by atoms with Crippen molar-refractivity contribution in [2.24, 2.45) is 5.41 Å². The molecule has 0 N–H and O–H groups in total. The second-order valence-electron chi connectivity index (χ2n) is 10.1. The Morgan fingerprint density at radius 2 is 1.51 bits per heavy atom. The highest BCUT2D eigenvalue weighted by Gasteiger charge is 2.37. The zero-order valence-corrected chi connectivity index (χ0v) is 20.3. The van der Waals surface area contributed by atoms with Gasteiger partial charge in [0.1, 0.15) is 0 Å². The molecule has 0 saturated heterocycles. The Kier molecular flexibility index (Phi) is 5.89. The molecule has 4 nitrogen and oxygen atoms in total. The average molecular weight is 464 g/mol. The molecule has 176 valence electrons. The first-order valence-electron chi connectivity index (χ1n) is 12.0. The molecule has 4 heteroatoms. The quantitative estimate of drug-likeness (QED) is 0.303. The number of benzene rings is 3. The zero-order chi connectivity index (χ0) is 24.6. The third kappa shape index (κ3) is 4.44. The molecular weight excluding hydrogens is 434 g/mol. The van der Waals surface area contributed by atoms with Crippen molar-refractivity contribution in [3.8, 4) is 5.69 Å². The lowest BCUT2D eigenvalue weighted by molar-refractivity contribution is 0.0367. The molecule has 35 heavy (non-hydrogen) atoms. The van der Waals surface area contributed by atoms with Gasteiger partial charge in [0.2, 0.25) is 0 Å². The monoisotopic (exact) mass is 463 g/mol. The summed E-state index contributed by atoms with van der Waals surface area (Å²) in [6.45, 7) is 6.33. The van der Waals surface area contributed by atoms with Crippen molar-refractivity contribution >= 4 is 11.8 Å². The number of ether oxygens (including phenoxy) is 1. The number of carbonyl (C=O) groups excluding carboxylic acids is 2. The number of aryl methyl sites for hydroxylation is 1. The Balaban J connectivity index is 1.73. The minimum atomic E-state index is -0.676. The number of hydrogen-bond acceptors (Lipinski definition) is 3. The maximum absolute atomic E-state index is 13.3. The Morgan fingerprint density at radius 3 is 2.20 bits per heavy atom. The average Bonchev–Trinajstić information content (AvgIpc) is 3.22. The van der Waals surface area contributed by atoms with Crippen LogP contribution in [0.2, 0.25) is 0 Å². The van der Waals surface area contributed by atoms with E-state index in [4.69, 9.17) is 4.74 Å². The number of ketones is 1. The lowest BCUT2D eigenvalue weighted by Gasteiger charge is -2.30. The van der Waals surface area contributed by atoms with Crippen molar-refractivity contribution in [1.82, 2.24) is 4.57 Å². The van der Waals surface area contributed by atoms with E-state index < -0.39 is 12.1 Å². The van der Waals surface area contributed by atoms with Crippen molar-refractivity contribution in [2.75, 3.05) is 0 Å². The van der Waals surface area contributed by atoms with Gasteiger partial charge in [0, 0.05) is 23.4 Å². The number of para-hydroxylation sites is 1. The number of nitrogens with zero attached hydrogens (tertiary/aromatic N) is 1. The molecule has 3 aromatic carbocycles. The van der Waals surface area contributed by atoms with Crippen LogP contribution in [0.25, 0.3) is 5.69 Å². The van der Waals surface area contributed by atoms with Gasteiger partial charge >= 0.3 is 5.97 Å². The molecule has 0 fully saturated rings.